The smallest absolute Gasteiger partial charge is 0.347 e. The van der Waals surface area contributed by atoms with Crippen LogP contribution in [-0.4, -0.2) is 24.1 Å². The van der Waals surface area contributed by atoms with Gasteiger partial charge in [-0.05, 0) is 26.0 Å². The maximum Gasteiger partial charge on any atom is 0.347 e. The van der Waals surface area contributed by atoms with Gasteiger partial charge in [0.1, 0.15) is 0 Å². The Kier molecular flexibility index (Phi) is 5.44. The Balaban J connectivity index is 0.000000184. The average molecular weight is 291 g/mol. The lowest BCUT2D eigenvalue weighted by Gasteiger charge is -2.22. The van der Waals surface area contributed by atoms with Gasteiger partial charge in [0.2, 0.25) is 0 Å². The van der Waals surface area contributed by atoms with Crippen LogP contribution in [0.25, 0.3) is 0 Å². The first-order valence-corrected chi connectivity index (χ1v) is 5.98. The molecule has 1 aromatic rings. The molecule has 0 aliphatic carbocycles. The van der Waals surface area contributed by atoms with E-state index in [-0.39, 0.29) is 0 Å². The van der Waals surface area contributed by atoms with Crippen molar-refractivity contribution in [3.63, 3.8) is 0 Å². The van der Waals surface area contributed by atoms with E-state index in [1.54, 1.807) is 12.1 Å². The van der Waals surface area contributed by atoms with Gasteiger partial charge in [-0.3, -0.25) is 0 Å². The van der Waals surface area contributed by atoms with Crippen molar-refractivity contribution in [1.29, 1.82) is 0 Å². The molecule has 1 saturated heterocycles. The molecule has 0 N–H and O–H groups in total. The van der Waals surface area contributed by atoms with E-state index < -0.39 is 24.1 Å². The van der Waals surface area contributed by atoms with Crippen LogP contribution in [0.2, 0.25) is 10.0 Å². The van der Waals surface area contributed by atoms with Crippen molar-refractivity contribution in [1.82, 2.24) is 0 Å². The Morgan fingerprint density at radius 1 is 0.889 bits per heavy atom. The zero-order valence-electron chi connectivity index (χ0n) is 9.85. The molecule has 1 aliphatic rings. The van der Waals surface area contributed by atoms with Crippen LogP contribution in [0.3, 0.4) is 0 Å². The number of esters is 2. The minimum Gasteiger partial charge on any atom is -0.448 e. The lowest BCUT2D eigenvalue weighted by molar-refractivity contribution is -0.191. The van der Waals surface area contributed by atoms with Crippen molar-refractivity contribution in [2.75, 3.05) is 0 Å². The molecule has 0 amide bonds. The van der Waals surface area contributed by atoms with E-state index in [4.69, 9.17) is 23.2 Å². The van der Waals surface area contributed by atoms with Crippen LogP contribution in [0.15, 0.2) is 24.3 Å². The van der Waals surface area contributed by atoms with Crippen LogP contribution in [0.5, 0.6) is 0 Å². The molecule has 0 radical (unpaired) electrons. The van der Waals surface area contributed by atoms with E-state index in [0.29, 0.717) is 10.0 Å². The van der Waals surface area contributed by atoms with Gasteiger partial charge >= 0.3 is 11.9 Å². The number of rotatable bonds is 0. The number of hydrogen-bond donors (Lipinski definition) is 0. The predicted octanol–water partition coefficient (Wildman–Crippen LogP) is 2.86. The highest BCUT2D eigenvalue weighted by Gasteiger charge is 2.32. The van der Waals surface area contributed by atoms with Crippen LogP contribution in [0.4, 0.5) is 0 Å². The molecule has 1 aliphatic heterocycles. The van der Waals surface area contributed by atoms with Crippen molar-refractivity contribution < 1.29 is 19.1 Å². The van der Waals surface area contributed by atoms with Gasteiger partial charge < -0.3 is 9.47 Å². The molecule has 0 saturated carbocycles. The third kappa shape index (κ3) is 4.20. The summed E-state index contributed by atoms with van der Waals surface area (Å²) in [5.41, 5.74) is 0. The summed E-state index contributed by atoms with van der Waals surface area (Å²) in [5, 5.41) is 1.21. The number of hydrogen-bond acceptors (Lipinski definition) is 4. The molecule has 0 spiro atoms. The maximum absolute atomic E-state index is 10.7. The second-order valence-electron chi connectivity index (χ2n) is 3.57. The molecule has 0 bridgehead atoms. The Labute approximate surface area is 115 Å². The van der Waals surface area contributed by atoms with Gasteiger partial charge in [-0.1, -0.05) is 35.3 Å². The molecular weight excluding hydrogens is 279 g/mol. The zero-order valence-corrected chi connectivity index (χ0v) is 11.4. The summed E-state index contributed by atoms with van der Waals surface area (Å²) in [6.07, 6.45) is -1.49. The van der Waals surface area contributed by atoms with Gasteiger partial charge in [-0.15, -0.1) is 0 Å². The molecule has 1 heterocycles. The monoisotopic (exact) mass is 290 g/mol. The number of carbonyl (C=O) groups excluding carboxylic acids is 2. The Bertz CT molecular complexity index is 406. The predicted molar refractivity (Wildman–Crippen MR) is 67.6 cm³/mol. The molecule has 1 aromatic carbocycles. The topological polar surface area (TPSA) is 52.6 Å². The maximum atomic E-state index is 10.7. The second-order valence-corrected chi connectivity index (χ2v) is 4.39. The van der Waals surface area contributed by atoms with Gasteiger partial charge in [0, 0.05) is 0 Å². The van der Waals surface area contributed by atoms with Gasteiger partial charge in [-0.2, -0.15) is 0 Å². The van der Waals surface area contributed by atoms with E-state index in [2.05, 4.69) is 9.47 Å². The van der Waals surface area contributed by atoms with Crippen molar-refractivity contribution in [2.45, 2.75) is 26.1 Å². The highest BCUT2D eigenvalue weighted by atomic mass is 35.5. The van der Waals surface area contributed by atoms with Crippen LogP contribution in [-0.2, 0) is 19.1 Å². The summed E-state index contributed by atoms with van der Waals surface area (Å²) >= 11 is 11.2. The first-order chi connectivity index (χ1) is 8.41. The molecule has 6 heteroatoms. The second kappa shape index (κ2) is 6.61. The molecule has 1 fully saturated rings. The van der Waals surface area contributed by atoms with E-state index in [0.717, 1.165) is 0 Å². The van der Waals surface area contributed by atoms with Crippen molar-refractivity contribution in [3.05, 3.63) is 34.3 Å². The fourth-order valence-corrected chi connectivity index (χ4v) is 1.35. The van der Waals surface area contributed by atoms with Crippen molar-refractivity contribution in [3.8, 4) is 0 Å². The molecule has 0 aromatic heterocycles. The summed E-state index contributed by atoms with van der Waals surface area (Å²) in [6.45, 7) is 2.96. The summed E-state index contributed by atoms with van der Waals surface area (Å²) in [4.78, 5) is 21.3. The number of benzene rings is 1. The summed E-state index contributed by atoms with van der Waals surface area (Å²) in [6, 6.07) is 7.19. The third-order valence-corrected chi connectivity index (χ3v) is 2.83. The van der Waals surface area contributed by atoms with E-state index >= 15 is 0 Å². The number of ether oxygens (including phenoxy) is 2. The van der Waals surface area contributed by atoms with E-state index in [1.165, 1.54) is 13.8 Å². The number of carbonyl (C=O) groups is 2. The molecular formula is C12H12Cl2O4. The molecule has 98 valence electrons. The summed E-state index contributed by atoms with van der Waals surface area (Å²) < 4.78 is 9.19. The van der Waals surface area contributed by atoms with Crippen LogP contribution < -0.4 is 0 Å². The highest BCUT2D eigenvalue weighted by molar-refractivity contribution is 6.41. The minimum atomic E-state index is -0.747. The fourth-order valence-electron chi connectivity index (χ4n) is 1.08. The van der Waals surface area contributed by atoms with Crippen LogP contribution >= 0.6 is 23.2 Å². The standard InChI is InChI=1S/C6H4Cl2.C6H8O4/c7-5-3-1-2-4-6(5)8;1-3-5(7)10-4(2)6(8)9-3/h1-4H;3-4H,1-2H3/t;3-,4-/m.0/s1. The van der Waals surface area contributed by atoms with E-state index in [1.807, 2.05) is 12.1 Å². The lowest BCUT2D eigenvalue weighted by atomic mass is 10.3. The Hall–Kier alpha value is -1.26. The molecule has 0 unspecified atom stereocenters. The minimum absolute atomic E-state index is 0.480. The SMILES string of the molecule is C[C@@H]1OC(=O)[C@H](C)OC1=O.Clc1ccccc1Cl. The third-order valence-electron chi connectivity index (χ3n) is 2.07. The molecule has 18 heavy (non-hydrogen) atoms. The largest absolute Gasteiger partial charge is 0.448 e. The molecule has 4 nitrogen and oxygen atoms in total. The lowest BCUT2D eigenvalue weighted by Crippen LogP contribution is -2.40. The summed E-state index contributed by atoms with van der Waals surface area (Å²) in [7, 11) is 0. The Morgan fingerprint density at radius 2 is 1.22 bits per heavy atom. The van der Waals surface area contributed by atoms with Crippen LogP contribution in [0, 0.1) is 0 Å². The average Bonchev–Trinajstić information content (AvgIpc) is 2.31. The van der Waals surface area contributed by atoms with Crippen LogP contribution in [0.1, 0.15) is 13.8 Å². The van der Waals surface area contributed by atoms with Gasteiger partial charge in [0.25, 0.3) is 0 Å². The first kappa shape index (κ1) is 14.8. The summed E-state index contributed by atoms with van der Waals surface area (Å²) in [5.74, 6) is -0.959. The van der Waals surface area contributed by atoms with Crippen molar-refractivity contribution in [2.24, 2.45) is 0 Å². The van der Waals surface area contributed by atoms with E-state index in [9.17, 15) is 9.59 Å². The Morgan fingerprint density at radius 3 is 1.50 bits per heavy atom. The molecule has 2 atom stereocenters. The fraction of sp³-hybridized carbons (Fsp3) is 0.333. The van der Waals surface area contributed by atoms with Gasteiger partial charge in [0.15, 0.2) is 12.2 Å². The highest BCUT2D eigenvalue weighted by Crippen LogP contribution is 2.19. The quantitative estimate of drug-likeness (QED) is 0.690. The normalized spacial score (nSPS) is 22.4. The van der Waals surface area contributed by atoms with Gasteiger partial charge in [-0.25, -0.2) is 9.59 Å². The first-order valence-electron chi connectivity index (χ1n) is 5.23. The van der Waals surface area contributed by atoms with Gasteiger partial charge in [0.05, 0.1) is 10.0 Å². The zero-order chi connectivity index (χ0) is 13.7. The number of cyclic esters (lactones) is 2. The number of halogens is 2. The molecule has 2 rings (SSSR count). The van der Waals surface area contributed by atoms with Crippen molar-refractivity contribution >= 4 is 35.1 Å².